The Morgan fingerprint density at radius 3 is 2.70 bits per heavy atom. The van der Waals surface area contributed by atoms with Gasteiger partial charge in [0, 0.05) is 12.2 Å². The van der Waals surface area contributed by atoms with Gasteiger partial charge >= 0.3 is 0 Å². The van der Waals surface area contributed by atoms with E-state index >= 15 is 0 Å². The van der Waals surface area contributed by atoms with Crippen molar-refractivity contribution in [3.05, 3.63) is 29.3 Å². The number of rotatable bonds is 8. The summed E-state index contributed by atoms with van der Waals surface area (Å²) in [5.41, 5.74) is 4.58. The molecule has 0 atom stereocenters. The summed E-state index contributed by atoms with van der Waals surface area (Å²) in [6.07, 6.45) is 12.3. The molecule has 112 valence electrons. The third-order valence-electron chi connectivity index (χ3n) is 4.42. The van der Waals surface area contributed by atoms with Crippen molar-refractivity contribution in [2.45, 2.75) is 71.6 Å². The second kappa shape index (κ2) is 8.34. The topological polar surface area (TPSA) is 12.0 Å². The first-order valence-corrected chi connectivity index (χ1v) is 8.62. The Balaban J connectivity index is 1.67. The fourth-order valence-electron chi connectivity index (χ4n) is 3.22. The highest BCUT2D eigenvalue weighted by molar-refractivity contribution is 5.56. The van der Waals surface area contributed by atoms with Gasteiger partial charge in [-0.1, -0.05) is 58.1 Å². The highest BCUT2D eigenvalue weighted by Gasteiger charge is 2.11. The quantitative estimate of drug-likeness (QED) is 0.609. The summed E-state index contributed by atoms with van der Waals surface area (Å²) in [5.74, 6) is 0.873. The lowest BCUT2D eigenvalue weighted by molar-refractivity contribution is 0.515. The van der Waals surface area contributed by atoms with Gasteiger partial charge in [0.1, 0.15) is 0 Å². The van der Waals surface area contributed by atoms with Crippen LogP contribution in [0.3, 0.4) is 0 Å². The van der Waals surface area contributed by atoms with Gasteiger partial charge in [0.05, 0.1) is 0 Å². The lowest BCUT2D eigenvalue weighted by atomic mass is 9.94. The summed E-state index contributed by atoms with van der Waals surface area (Å²) >= 11 is 0. The van der Waals surface area contributed by atoms with Crippen LogP contribution in [0.1, 0.15) is 69.9 Å². The first-order chi connectivity index (χ1) is 9.77. The van der Waals surface area contributed by atoms with Gasteiger partial charge in [0.15, 0.2) is 0 Å². The lowest BCUT2D eigenvalue weighted by Gasteiger charge is -2.21. The molecule has 2 rings (SSSR count). The van der Waals surface area contributed by atoms with E-state index < -0.39 is 0 Å². The van der Waals surface area contributed by atoms with Crippen LogP contribution >= 0.6 is 0 Å². The van der Waals surface area contributed by atoms with Crippen molar-refractivity contribution in [1.82, 2.24) is 0 Å². The number of anilines is 1. The zero-order valence-electron chi connectivity index (χ0n) is 13.4. The highest BCUT2D eigenvalue weighted by atomic mass is 14.9. The maximum atomic E-state index is 3.53. The standard InChI is InChI=1S/C19H31N/c1-16(2)10-6-4-3-5-7-11-17-12-8-14-19-18(17)13-9-15-20-19/h8,12,14,16,20H,3-7,9-11,13,15H2,1-2H3. The predicted octanol–water partition coefficient (Wildman–Crippen LogP) is 5.58. The molecule has 0 aromatic heterocycles. The first kappa shape index (κ1) is 15.4. The van der Waals surface area contributed by atoms with Crippen LogP contribution in [0.25, 0.3) is 0 Å². The second-order valence-electron chi connectivity index (χ2n) is 6.67. The molecule has 0 saturated heterocycles. The maximum absolute atomic E-state index is 3.53. The number of hydrogen-bond donors (Lipinski definition) is 1. The number of nitrogens with one attached hydrogen (secondary N) is 1. The molecule has 1 heterocycles. The van der Waals surface area contributed by atoms with E-state index in [2.05, 4.69) is 37.4 Å². The summed E-state index contributed by atoms with van der Waals surface area (Å²) in [4.78, 5) is 0. The minimum absolute atomic E-state index is 0.873. The predicted molar refractivity (Wildman–Crippen MR) is 89.5 cm³/mol. The van der Waals surface area contributed by atoms with Gasteiger partial charge in [-0.2, -0.15) is 0 Å². The third-order valence-corrected chi connectivity index (χ3v) is 4.42. The first-order valence-electron chi connectivity index (χ1n) is 8.62. The number of fused-ring (bicyclic) bond motifs is 1. The second-order valence-corrected chi connectivity index (χ2v) is 6.67. The van der Waals surface area contributed by atoms with Crippen molar-refractivity contribution in [3.63, 3.8) is 0 Å². The molecule has 0 saturated carbocycles. The van der Waals surface area contributed by atoms with Crippen molar-refractivity contribution in [2.24, 2.45) is 5.92 Å². The number of unbranched alkanes of at least 4 members (excludes halogenated alkanes) is 4. The van der Waals surface area contributed by atoms with Crippen LogP contribution < -0.4 is 5.32 Å². The Kier molecular flexibility index (Phi) is 6.42. The zero-order valence-corrected chi connectivity index (χ0v) is 13.4. The van der Waals surface area contributed by atoms with Crippen LogP contribution in [-0.4, -0.2) is 6.54 Å². The molecule has 0 fully saturated rings. The molecule has 0 bridgehead atoms. The summed E-state index contributed by atoms with van der Waals surface area (Å²) < 4.78 is 0. The molecule has 0 spiro atoms. The normalized spacial score (nSPS) is 14.2. The molecule has 0 amide bonds. The minimum atomic E-state index is 0.873. The van der Waals surface area contributed by atoms with Gasteiger partial charge in [0.25, 0.3) is 0 Å². The molecule has 1 nitrogen and oxygen atoms in total. The van der Waals surface area contributed by atoms with Crippen molar-refractivity contribution < 1.29 is 0 Å². The highest BCUT2D eigenvalue weighted by Crippen LogP contribution is 2.26. The smallest absolute Gasteiger partial charge is 0.0375 e. The van der Waals surface area contributed by atoms with E-state index in [9.17, 15) is 0 Å². The van der Waals surface area contributed by atoms with E-state index in [0.717, 1.165) is 12.5 Å². The molecular weight excluding hydrogens is 242 g/mol. The molecule has 1 heteroatoms. The van der Waals surface area contributed by atoms with Crippen LogP contribution in [0.4, 0.5) is 5.69 Å². The van der Waals surface area contributed by atoms with Crippen molar-refractivity contribution >= 4 is 5.69 Å². The summed E-state index contributed by atoms with van der Waals surface area (Å²) in [6.45, 7) is 5.80. The Bertz CT molecular complexity index is 395. The lowest BCUT2D eigenvalue weighted by Crippen LogP contribution is -2.13. The van der Waals surface area contributed by atoms with Gasteiger partial charge in [0.2, 0.25) is 0 Å². The largest absolute Gasteiger partial charge is 0.385 e. The summed E-state index contributed by atoms with van der Waals surface area (Å²) in [7, 11) is 0. The van der Waals surface area contributed by atoms with Crippen LogP contribution in [0.5, 0.6) is 0 Å². The number of hydrogen-bond acceptors (Lipinski definition) is 1. The van der Waals surface area contributed by atoms with E-state index in [4.69, 9.17) is 0 Å². The molecule has 1 aliphatic rings. The fourth-order valence-corrected chi connectivity index (χ4v) is 3.22. The van der Waals surface area contributed by atoms with Crippen LogP contribution in [0, 0.1) is 5.92 Å². The van der Waals surface area contributed by atoms with Crippen LogP contribution in [0.15, 0.2) is 18.2 Å². The molecular formula is C19H31N. The van der Waals surface area contributed by atoms with E-state index in [0.29, 0.717) is 0 Å². The van der Waals surface area contributed by atoms with Crippen LogP contribution in [0.2, 0.25) is 0 Å². The average Bonchev–Trinajstić information content (AvgIpc) is 2.46. The number of aryl methyl sites for hydroxylation is 1. The monoisotopic (exact) mass is 273 g/mol. The maximum Gasteiger partial charge on any atom is 0.0375 e. The fraction of sp³-hybridized carbons (Fsp3) is 0.684. The molecule has 0 radical (unpaired) electrons. The minimum Gasteiger partial charge on any atom is -0.385 e. The van der Waals surface area contributed by atoms with Gasteiger partial charge in [-0.05, 0) is 48.8 Å². The van der Waals surface area contributed by atoms with Crippen molar-refractivity contribution in [2.75, 3.05) is 11.9 Å². The molecule has 20 heavy (non-hydrogen) atoms. The van der Waals surface area contributed by atoms with Crippen LogP contribution in [-0.2, 0) is 12.8 Å². The van der Waals surface area contributed by atoms with Gasteiger partial charge in [-0.15, -0.1) is 0 Å². The molecule has 1 N–H and O–H groups in total. The van der Waals surface area contributed by atoms with E-state index in [1.165, 1.54) is 63.5 Å². The van der Waals surface area contributed by atoms with Gasteiger partial charge in [-0.25, -0.2) is 0 Å². The Hall–Kier alpha value is -0.980. The zero-order chi connectivity index (χ0) is 14.2. The summed E-state index contributed by atoms with van der Waals surface area (Å²) in [6, 6.07) is 6.80. The SMILES string of the molecule is CC(C)CCCCCCCc1cccc2c1CCCN2. The van der Waals surface area contributed by atoms with Crippen molar-refractivity contribution in [1.29, 1.82) is 0 Å². The summed E-state index contributed by atoms with van der Waals surface area (Å²) in [5, 5.41) is 3.53. The number of benzene rings is 1. The average molecular weight is 273 g/mol. The van der Waals surface area contributed by atoms with E-state index in [-0.39, 0.29) is 0 Å². The third kappa shape index (κ3) is 4.85. The molecule has 1 aromatic carbocycles. The Labute approximate surface area is 125 Å². The molecule has 1 aliphatic heterocycles. The Morgan fingerprint density at radius 1 is 1.05 bits per heavy atom. The Morgan fingerprint density at radius 2 is 1.85 bits per heavy atom. The molecule has 0 aliphatic carbocycles. The van der Waals surface area contributed by atoms with E-state index in [1.807, 2.05) is 0 Å². The van der Waals surface area contributed by atoms with Crippen molar-refractivity contribution in [3.8, 4) is 0 Å². The van der Waals surface area contributed by atoms with Gasteiger partial charge in [-0.3, -0.25) is 0 Å². The molecule has 1 aromatic rings. The van der Waals surface area contributed by atoms with Gasteiger partial charge < -0.3 is 5.32 Å². The molecule has 0 unspecified atom stereocenters. The van der Waals surface area contributed by atoms with E-state index in [1.54, 1.807) is 11.1 Å².